The van der Waals surface area contributed by atoms with Gasteiger partial charge in [-0.3, -0.25) is 0 Å². The summed E-state index contributed by atoms with van der Waals surface area (Å²) in [5.74, 6) is 0. The maximum atomic E-state index is 8.88. The molecule has 0 aliphatic carbocycles. The van der Waals surface area contributed by atoms with Crippen molar-refractivity contribution in [1.29, 1.82) is 5.26 Å². The predicted octanol–water partition coefficient (Wildman–Crippen LogP) is 5.56. The Balaban J connectivity index is 5.11. The number of rotatable bonds is 24. The lowest BCUT2D eigenvalue weighted by atomic mass is 9.92. The van der Waals surface area contributed by atoms with Crippen molar-refractivity contribution in [2.75, 3.05) is 66.1 Å². The number of hydrogen-bond donors (Lipinski definition) is 0. The molecule has 202 valence electrons. The first-order valence-corrected chi connectivity index (χ1v) is 13.4. The normalized spacial score (nSPS) is 14.4. The van der Waals surface area contributed by atoms with E-state index in [1.807, 2.05) is 0 Å². The Morgan fingerprint density at radius 1 is 0.735 bits per heavy atom. The lowest BCUT2D eigenvalue weighted by Crippen LogP contribution is -2.42. The molecule has 0 bridgehead atoms. The standard InChI is InChI=1S/C25H51N2O6P/c1-8-13-28-19-25(20-29-14-9-2,21-30-15-10-3)22-31-17-18-33-34(32-16-11-12-26)27(23(4)5)24(6)7/h23-24H,8-11,13-22H2,1-7H3/i1D,2D,3D. The van der Waals surface area contributed by atoms with Gasteiger partial charge in [-0.25, -0.2) is 4.67 Å². The third-order valence-corrected chi connectivity index (χ3v) is 6.70. The summed E-state index contributed by atoms with van der Waals surface area (Å²) in [5, 5.41) is 8.88. The van der Waals surface area contributed by atoms with Crippen molar-refractivity contribution in [3.8, 4) is 6.07 Å². The Morgan fingerprint density at radius 3 is 1.59 bits per heavy atom. The van der Waals surface area contributed by atoms with Gasteiger partial charge in [-0.2, -0.15) is 5.26 Å². The fourth-order valence-electron chi connectivity index (χ4n) is 3.20. The third kappa shape index (κ3) is 15.6. The molecule has 0 saturated carbocycles. The average Bonchev–Trinajstić information content (AvgIpc) is 2.86. The number of ether oxygens (including phenoxy) is 4. The van der Waals surface area contributed by atoms with Gasteiger partial charge in [-0.15, -0.1) is 0 Å². The summed E-state index contributed by atoms with van der Waals surface area (Å²) < 4.78 is 59.9. The van der Waals surface area contributed by atoms with Crippen LogP contribution in [0, 0.1) is 16.7 Å². The summed E-state index contributed by atoms with van der Waals surface area (Å²) >= 11 is 0. The highest BCUT2D eigenvalue weighted by molar-refractivity contribution is 7.44. The molecule has 0 N–H and O–H groups in total. The Labute approximate surface area is 214 Å². The van der Waals surface area contributed by atoms with E-state index in [1.54, 1.807) is 0 Å². The van der Waals surface area contributed by atoms with E-state index in [-0.39, 0.29) is 12.1 Å². The summed E-state index contributed by atoms with van der Waals surface area (Å²) in [6, 6.07) is 2.56. The van der Waals surface area contributed by atoms with Gasteiger partial charge in [-0.05, 0) is 47.0 Å². The van der Waals surface area contributed by atoms with E-state index in [0.717, 1.165) is 0 Å². The first-order valence-electron chi connectivity index (χ1n) is 14.4. The Hall–Kier alpha value is -0.360. The van der Waals surface area contributed by atoms with Crippen molar-refractivity contribution in [1.82, 2.24) is 4.67 Å². The molecule has 0 rings (SSSR count). The molecule has 0 fully saturated rings. The third-order valence-electron chi connectivity index (χ3n) is 4.59. The van der Waals surface area contributed by atoms with Crippen LogP contribution < -0.4 is 0 Å². The van der Waals surface area contributed by atoms with Gasteiger partial charge in [0, 0.05) is 36.0 Å². The molecule has 9 heteroatoms. The highest BCUT2D eigenvalue weighted by atomic mass is 31.2. The van der Waals surface area contributed by atoms with Crippen LogP contribution in [0.3, 0.4) is 0 Å². The SMILES string of the molecule is [2H]CCCOCC(COCCC[2H])(COCCC[2H])COCCOP(OCCC#N)N(C(C)C)C(C)C. The largest absolute Gasteiger partial charge is 0.381 e. The minimum atomic E-state index is -1.33. The molecule has 0 saturated heterocycles. The summed E-state index contributed by atoms with van der Waals surface area (Å²) in [6.07, 6.45) is 2.27. The number of nitrogens with zero attached hydrogens (tertiary/aromatic N) is 2. The highest BCUT2D eigenvalue weighted by Gasteiger charge is 2.33. The molecule has 0 radical (unpaired) electrons. The van der Waals surface area contributed by atoms with Gasteiger partial charge < -0.3 is 28.0 Å². The highest BCUT2D eigenvalue weighted by Crippen LogP contribution is 2.45. The second-order valence-corrected chi connectivity index (χ2v) is 10.1. The second-order valence-electron chi connectivity index (χ2n) is 8.65. The van der Waals surface area contributed by atoms with E-state index < -0.39 is 13.9 Å². The molecule has 0 aromatic heterocycles. The summed E-state index contributed by atoms with van der Waals surface area (Å²) in [4.78, 5) is 0. The fourth-order valence-corrected chi connectivity index (χ4v) is 4.77. The molecule has 0 aliphatic rings. The minimum absolute atomic E-state index is 0.226. The number of nitriles is 1. The second kappa shape index (κ2) is 21.9. The molecule has 1 atom stereocenters. The van der Waals surface area contributed by atoms with Crippen LogP contribution in [0.15, 0.2) is 0 Å². The van der Waals surface area contributed by atoms with Crippen molar-refractivity contribution < 1.29 is 32.1 Å². The zero-order valence-electron chi connectivity index (χ0n) is 25.0. The van der Waals surface area contributed by atoms with Crippen LogP contribution in [0.1, 0.15) is 78.2 Å². The van der Waals surface area contributed by atoms with Crippen molar-refractivity contribution in [3.63, 3.8) is 0 Å². The van der Waals surface area contributed by atoms with Crippen LogP contribution in [0.2, 0.25) is 0 Å². The monoisotopic (exact) mass is 509 g/mol. The Morgan fingerprint density at radius 2 is 1.18 bits per heavy atom. The van der Waals surface area contributed by atoms with Crippen molar-refractivity contribution >= 4 is 8.53 Å². The quantitative estimate of drug-likeness (QED) is 0.124. The smallest absolute Gasteiger partial charge is 0.259 e. The maximum Gasteiger partial charge on any atom is 0.259 e. The molecule has 8 nitrogen and oxygen atoms in total. The van der Waals surface area contributed by atoms with Crippen LogP contribution in [-0.4, -0.2) is 82.8 Å². The van der Waals surface area contributed by atoms with Gasteiger partial charge in [0.05, 0.1) is 64.2 Å². The molecule has 0 spiro atoms. The van der Waals surface area contributed by atoms with Crippen molar-refractivity contribution in [2.45, 2.75) is 86.2 Å². The molecule has 0 heterocycles. The minimum Gasteiger partial charge on any atom is -0.381 e. The van der Waals surface area contributed by atoms with Gasteiger partial charge in [0.15, 0.2) is 0 Å². The number of hydrogen-bond acceptors (Lipinski definition) is 8. The van der Waals surface area contributed by atoms with Crippen molar-refractivity contribution in [3.05, 3.63) is 0 Å². The first-order chi connectivity index (χ1) is 17.9. The van der Waals surface area contributed by atoms with Crippen LogP contribution in [0.5, 0.6) is 0 Å². The topological polar surface area (TPSA) is 82.4 Å². The molecule has 0 aromatic rings. The van der Waals surface area contributed by atoms with Crippen LogP contribution in [0.25, 0.3) is 0 Å². The Kier molecular flexibility index (Phi) is 18.2. The zero-order chi connectivity index (χ0) is 27.8. The van der Waals surface area contributed by atoms with Gasteiger partial charge in [0.1, 0.15) is 0 Å². The predicted molar refractivity (Wildman–Crippen MR) is 138 cm³/mol. The van der Waals surface area contributed by atoms with Crippen LogP contribution >= 0.6 is 8.53 Å². The summed E-state index contributed by atoms with van der Waals surface area (Å²) in [7, 11) is -1.33. The van der Waals surface area contributed by atoms with Crippen LogP contribution in [0.4, 0.5) is 0 Å². The first kappa shape index (κ1) is 28.2. The van der Waals surface area contributed by atoms with E-state index in [1.165, 1.54) is 0 Å². The average molecular weight is 510 g/mol. The molecular weight excluding hydrogens is 455 g/mol. The Bertz CT molecular complexity index is 522. The molecule has 1 unspecified atom stereocenters. The van der Waals surface area contributed by atoms with E-state index in [0.29, 0.717) is 112 Å². The molecule has 0 aliphatic heterocycles. The molecule has 0 amide bonds. The van der Waals surface area contributed by atoms with Gasteiger partial charge in [0.25, 0.3) is 8.53 Å². The lowest BCUT2D eigenvalue weighted by molar-refractivity contribution is -0.108. The van der Waals surface area contributed by atoms with Crippen LogP contribution in [-0.2, 0) is 28.0 Å². The molecule has 34 heavy (non-hydrogen) atoms. The summed E-state index contributed by atoms with van der Waals surface area (Å²) in [6.45, 7) is 13.2. The maximum absolute atomic E-state index is 8.88. The van der Waals surface area contributed by atoms with E-state index in [2.05, 4.69) is 38.4 Å². The molecule has 0 aromatic carbocycles. The fraction of sp³-hybridized carbons (Fsp3) is 0.960. The van der Waals surface area contributed by atoms with Gasteiger partial charge >= 0.3 is 0 Å². The van der Waals surface area contributed by atoms with Crippen molar-refractivity contribution in [2.24, 2.45) is 5.41 Å². The summed E-state index contributed by atoms with van der Waals surface area (Å²) in [5.41, 5.74) is -0.540. The van der Waals surface area contributed by atoms with E-state index in [4.69, 9.17) is 37.4 Å². The van der Waals surface area contributed by atoms with Gasteiger partial charge in [0.2, 0.25) is 0 Å². The zero-order valence-corrected chi connectivity index (χ0v) is 22.9. The lowest BCUT2D eigenvalue weighted by Gasteiger charge is -2.35. The molecular formula is C25H51N2O6P. The van der Waals surface area contributed by atoms with Gasteiger partial charge in [-0.1, -0.05) is 20.7 Å². The van der Waals surface area contributed by atoms with E-state index >= 15 is 0 Å². The van der Waals surface area contributed by atoms with E-state index in [9.17, 15) is 0 Å².